The van der Waals surface area contributed by atoms with Crippen LogP contribution >= 0.6 is 0 Å². The van der Waals surface area contributed by atoms with E-state index >= 15 is 0 Å². The molecule has 0 aliphatic carbocycles. The SMILES string of the molecule is COC(=O)/C=C1/C[C@H]2C[C@]3(O)O[C@H](C[C@@H](O)CC(=O)O[C@@H](CO)C[C@@H]4C/C(=C\C(=O)OC)[C@H]([Rb])[C@@](O)(O4)C(C)(C)/C=C/[C@@H](C1)O2)C[C@H](C)C3(C)C. The third-order valence-corrected chi connectivity index (χ3v) is 15.4. The zero-order valence-electron chi connectivity index (χ0n) is 31.3. The Hall–Kier alpha value is -0.845. The number of methoxy groups -OCH3 is 2. The van der Waals surface area contributed by atoms with Crippen LogP contribution in [0.15, 0.2) is 35.5 Å². The molecule has 0 amide bonds. The van der Waals surface area contributed by atoms with E-state index in [4.69, 9.17) is 28.4 Å². The van der Waals surface area contributed by atoms with E-state index in [1.165, 1.54) is 26.4 Å². The zero-order chi connectivity index (χ0) is 37.9. The van der Waals surface area contributed by atoms with Gasteiger partial charge >= 0.3 is 330 Å². The molecule has 282 valence electrons. The van der Waals surface area contributed by atoms with E-state index in [2.05, 4.69) is 0 Å². The standard InChI is InChI=1S/C37H55O13.Rb/c1-22-10-27-16-25(39)17-33(42)48-30(21-38)18-28-13-24(15-32(41)46-7)19-36(43,49-28)34(2,3)9-8-26-11-23(14-31(40)45-6)12-29(47-26)20-37(44,50-27)35(22,4)5;/h8-9,14-15,19,22,25-30,38-39,43-44H,10-13,16-18,20-21H2,1-7H3;/b9-8+,23-14+,24-15+;/t22-,25+,26-,27-,28-,29-,30+,36+,37-;/m0./s1. The van der Waals surface area contributed by atoms with Crippen molar-refractivity contribution in [3.63, 3.8) is 0 Å². The Labute approximate surface area is 339 Å². The molecule has 0 unspecified atom stereocenters. The molecule has 14 heteroatoms. The molecule has 3 fully saturated rings. The van der Waals surface area contributed by atoms with E-state index in [1.54, 1.807) is 0 Å². The van der Waals surface area contributed by atoms with E-state index in [0.29, 0.717) is 24.8 Å². The average molecular weight is 793 g/mol. The van der Waals surface area contributed by atoms with Crippen LogP contribution in [0.4, 0.5) is 0 Å². The molecule has 4 heterocycles. The van der Waals surface area contributed by atoms with Crippen LogP contribution in [0.1, 0.15) is 86.0 Å². The van der Waals surface area contributed by atoms with Gasteiger partial charge in [0.1, 0.15) is 0 Å². The normalized spacial score (nSPS) is 41.2. The van der Waals surface area contributed by atoms with Crippen molar-refractivity contribution in [3.05, 3.63) is 35.5 Å². The van der Waals surface area contributed by atoms with Crippen molar-refractivity contribution < 1.29 is 63.2 Å². The molecule has 51 heavy (non-hydrogen) atoms. The fourth-order valence-electron chi connectivity index (χ4n) is 7.93. The van der Waals surface area contributed by atoms with Crippen LogP contribution in [-0.2, 0) is 42.8 Å². The summed E-state index contributed by atoms with van der Waals surface area (Å²) < 4.78 is 34.4. The summed E-state index contributed by atoms with van der Waals surface area (Å²) in [5, 5.41) is 45.8. The molecule has 10 atom stereocenters. The van der Waals surface area contributed by atoms with Gasteiger partial charge in [-0.3, -0.25) is 0 Å². The molecular weight excluding hydrogens is 738 g/mol. The molecule has 3 saturated heterocycles. The Kier molecular flexibility index (Phi) is 14.6. The summed E-state index contributed by atoms with van der Waals surface area (Å²) in [6.45, 7) is 8.97. The minimum absolute atomic E-state index is 0.0155. The van der Waals surface area contributed by atoms with Gasteiger partial charge in [-0.05, 0) is 6.42 Å². The van der Waals surface area contributed by atoms with Crippen molar-refractivity contribution in [2.45, 2.75) is 133 Å². The van der Waals surface area contributed by atoms with Crippen LogP contribution in [0.25, 0.3) is 0 Å². The third-order valence-electron chi connectivity index (χ3n) is 11.6. The number of fused-ring (bicyclic) bond motifs is 6. The van der Waals surface area contributed by atoms with Crippen molar-refractivity contribution in [2.24, 2.45) is 16.7 Å². The van der Waals surface area contributed by atoms with Gasteiger partial charge in [-0.15, -0.1) is 0 Å². The molecule has 0 spiro atoms. The number of rotatable bonds is 3. The molecule has 0 aromatic heterocycles. The summed E-state index contributed by atoms with van der Waals surface area (Å²) in [5.41, 5.74) is -0.383. The van der Waals surface area contributed by atoms with Crippen molar-refractivity contribution in [2.75, 3.05) is 20.8 Å². The van der Waals surface area contributed by atoms with Crippen molar-refractivity contribution in [1.82, 2.24) is 0 Å². The van der Waals surface area contributed by atoms with E-state index in [-0.39, 0.29) is 93.6 Å². The first-order valence-electron chi connectivity index (χ1n) is 17.9. The maximum absolute atomic E-state index is 13.0. The van der Waals surface area contributed by atoms with Gasteiger partial charge in [0, 0.05) is 0 Å². The summed E-state index contributed by atoms with van der Waals surface area (Å²) in [5.74, 6) is -5.33. The average Bonchev–Trinajstić information content (AvgIpc) is 3.04. The molecule has 0 aromatic rings. The number of ether oxygens (including phenoxy) is 6. The van der Waals surface area contributed by atoms with Crippen LogP contribution in [0.3, 0.4) is 0 Å². The van der Waals surface area contributed by atoms with Gasteiger partial charge in [0.25, 0.3) is 0 Å². The Bertz CT molecular complexity index is 1370. The quantitative estimate of drug-likeness (QED) is 0.142. The van der Waals surface area contributed by atoms with Crippen molar-refractivity contribution in [1.29, 1.82) is 0 Å². The Morgan fingerprint density at radius 1 is 0.941 bits per heavy atom. The first-order chi connectivity index (χ1) is 23.7. The Morgan fingerprint density at radius 3 is 2.25 bits per heavy atom. The van der Waals surface area contributed by atoms with Crippen LogP contribution < -0.4 is 0 Å². The Balaban J connectivity index is 1.79. The summed E-state index contributed by atoms with van der Waals surface area (Å²) in [6.07, 6.45) is 3.09. The second-order valence-corrected chi connectivity index (χ2v) is 18.8. The molecule has 0 saturated carbocycles. The first kappa shape index (κ1) is 42.9. The van der Waals surface area contributed by atoms with Gasteiger partial charge in [-0.2, -0.15) is 0 Å². The van der Waals surface area contributed by atoms with Gasteiger partial charge in [0.15, 0.2) is 0 Å². The monoisotopic (exact) mass is 792 g/mol. The molecule has 0 radical (unpaired) electrons. The van der Waals surface area contributed by atoms with E-state index in [9.17, 15) is 34.8 Å². The van der Waals surface area contributed by atoms with Crippen LogP contribution in [0.5, 0.6) is 0 Å². The number of aliphatic hydroxyl groups is 4. The van der Waals surface area contributed by atoms with Gasteiger partial charge in [-0.1, -0.05) is 6.92 Å². The molecule has 13 nitrogen and oxygen atoms in total. The molecule has 0 aromatic carbocycles. The zero-order valence-corrected chi connectivity index (χ0v) is 36.2. The first-order valence-corrected chi connectivity index (χ1v) is 20.8. The summed E-state index contributed by atoms with van der Waals surface area (Å²) in [7, 11) is 2.58. The molecule has 4 aliphatic rings. The van der Waals surface area contributed by atoms with Crippen molar-refractivity contribution in [3.8, 4) is 0 Å². The fourth-order valence-corrected chi connectivity index (χ4v) is 11.1. The second-order valence-electron chi connectivity index (χ2n) is 15.9. The number of cyclic esters (lactones) is 1. The number of aliphatic hydroxyl groups excluding tert-OH is 2. The minimum atomic E-state index is -1.80. The summed E-state index contributed by atoms with van der Waals surface area (Å²) >= 11 is -0.298. The number of hydrogen-bond donors (Lipinski definition) is 4. The van der Waals surface area contributed by atoms with Gasteiger partial charge in [-0.25, -0.2) is 0 Å². The van der Waals surface area contributed by atoms with Gasteiger partial charge in [0.2, 0.25) is 0 Å². The van der Waals surface area contributed by atoms with Crippen LogP contribution in [0, 0.1) is 16.7 Å². The number of hydrogen-bond acceptors (Lipinski definition) is 13. The van der Waals surface area contributed by atoms with Crippen LogP contribution in [-0.4, -0.2) is 163 Å². The number of carbonyl (C=O) groups excluding carboxylic acids is 3. The van der Waals surface area contributed by atoms with Crippen molar-refractivity contribution >= 4 is 73.4 Å². The summed E-state index contributed by atoms with van der Waals surface area (Å²) in [4.78, 5) is 37.8. The third kappa shape index (κ3) is 10.1. The molecule has 4 aliphatic heterocycles. The topological polar surface area (TPSA) is 188 Å². The maximum atomic E-state index is 13.0. The van der Waals surface area contributed by atoms with E-state index in [1.807, 2.05) is 46.8 Å². The summed E-state index contributed by atoms with van der Waals surface area (Å²) in [6, 6.07) is 0. The molecule has 6 bridgehead atoms. The molecule has 4 rings (SSSR count). The van der Waals surface area contributed by atoms with E-state index in [0.717, 1.165) is 5.57 Å². The molecular formula is C37H55O13Rb. The van der Waals surface area contributed by atoms with Gasteiger partial charge < -0.3 is 0 Å². The van der Waals surface area contributed by atoms with Crippen LogP contribution in [0.2, 0.25) is -1.01 Å². The molecule has 4 N–H and O–H groups in total. The second kappa shape index (κ2) is 17.3. The number of esters is 3. The fraction of sp³-hybridized carbons (Fsp3) is 0.757. The number of carbonyl (C=O) groups is 3. The van der Waals surface area contributed by atoms with E-state index < -0.39 is 82.5 Å². The van der Waals surface area contributed by atoms with Gasteiger partial charge in [0.05, 0.1) is 0 Å². The Morgan fingerprint density at radius 2 is 1.61 bits per heavy atom. The predicted molar refractivity (Wildman–Crippen MR) is 184 cm³/mol. The predicted octanol–water partition coefficient (Wildman–Crippen LogP) is 2.73.